The van der Waals surface area contributed by atoms with E-state index in [1.165, 1.54) is 19.3 Å². The molecule has 0 aromatic heterocycles. The van der Waals surface area contributed by atoms with Gasteiger partial charge in [0.15, 0.2) is 0 Å². The standard InChI is InChI=1S/C17H25NO2S/c1-3-21-15-9-5-8-14(16(15)17(19)20)18-13-7-4-6-12(2)10-11-13/h5,8-9,12-13,18H,3-4,6-7,10-11H2,1-2H3,(H,19,20). The molecule has 3 nitrogen and oxygen atoms in total. The van der Waals surface area contributed by atoms with Gasteiger partial charge >= 0.3 is 5.97 Å². The van der Waals surface area contributed by atoms with Gasteiger partial charge in [0.2, 0.25) is 0 Å². The largest absolute Gasteiger partial charge is 0.478 e. The van der Waals surface area contributed by atoms with Gasteiger partial charge in [-0.05, 0) is 43.1 Å². The summed E-state index contributed by atoms with van der Waals surface area (Å²) in [5, 5.41) is 13.0. The highest BCUT2D eigenvalue weighted by molar-refractivity contribution is 7.99. The number of hydrogen-bond donors (Lipinski definition) is 2. The van der Waals surface area contributed by atoms with Crippen molar-refractivity contribution < 1.29 is 9.90 Å². The molecule has 0 saturated heterocycles. The van der Waals surface area contributed by atoms with E-state index in [0.29, 0.717) is 11.6 Å². The number of rotatable bonds is 5. The van der Waals surface area contributed by atoms with Crippen LogP contribution < -0.4 is 5.32 Å². The zero-order valence-corrected chi connectivity index (χ0v) is 13.7. The normalized spacial score (nSPS) is 22.6. The number of aromatic carboxylic acids is 1. The van der Waals surface area contributed by atoms with Crippen LogP contribution in [-0.2, 0) is 0 Å². The van der Waals surface area contributed by atoms with Crippen LogP contribution >= 0.6 is 11.8 Å². The molecule has 0 amide bonds. The third kappa shape index (κ3) is 4.40. The molecule has 2 rings (SSSR count). The number of carboxylic acid groups (broad SMARTS) is 1. The van der Waals surface area contributed by atoms with Crippen molar-refractivity contribution >= 4 is 23.4 Å². The molecule has 1 aliphatic rings. The van der Waals surface area contributed by atoms with Gasteiger partial charge in [-0.3, -0.25) is 0 Å². The quantitative estimate of drug-likeness (QED) is 0.601. The second kappa shape index (κ2) is 7.74. The van der Waals surface area contributed by atoms with Gasteiger partial charge in [0.05, 0.1) is 11.3 Å². The number of anilines is 1. The molecule has 1 aliphatic carbocycles. The minimum atomic E-state index is -0.837. The lowest BCUT2D eigenvalue weighted by Gasteiger charge is -2.20. The molecule has 1 fully saturated rings. The van der Waals surface area contributed by atoms with Crippen molar-refractivity contribution in [2.75, 3.05) is 11.1 Å². The van der Waals surface area contributed by atoms with Gasteiger partial charge in [0, 0.05) is 10.9 Å². The van der Waals surface area contributed by atoms with Gasteiger partial charge in [0.25, 0.3) is 0 Å². The van der Waals surface area contributed by atoms with Crippen LogP contribution in [0.25, 0.3) is 0 Å². The number of carboxylic acids is 1. The van der Waals surface area contributed by atoms with Crippen LogP contribution in [0, 0.1) is 5.92 Å². The first kappa shape index (κ1) is 16.2. The summed E-state index contributed by atoms with van der Waals surface area (Å²) in [6.07, 6.45) is 6.00. The third-order valence-corrected chi connectivity index (χ3v) is 5.10. The topological polar surface area (TPSA) is 49.3 Å². The second-order valence-electron chi connectivity index (χ2n) is 5.87. The van der Waals surface area contributed by atoms with E-state index in [2.05, 4.69) is 12.2 Å². The van der Waals surface area contributed by atoms with E-state index in [0.717, 1.165) is 35.1 Å². The van der Waals surface area contributed by atoms with Crippen LogP contribution in [0.4, 0.5) is 5.69 Å². The molecular formula is C17H25NO2S. The summed E-state index contributed by atoms with van der Waals surface area (Å²) >= 11 is 1.59. The third-order valence-electron chi connectivity index (χ3n) is 4.16. The van der Waals surface area contributed by atoms with Crippen LogP contribution in [-0.4, -0.2) is 22.9 Å². The highest BCUT2D eigenvalue weighted by Gasteiger charge is 2.20. The first-order valence-corrected chi connectivity index (χ1v) is 8.86. The van der Waals surface area contributed by atoms with Gasteiger partial charge in [-0.15, -0.1) is 11.8 Å². The van der Waals surface area contributed by atoms with Gasteiger partial charge in [-0.1, -0.05) is 32.8 Å². The van der Waals surface area contributed by atoms with Crippen LogP contribution in [0.5, 0.6) is 0 Å². The molecule has 1 aromatic rings. The number of hydrogen-bond acceptors (Lipinski definition) is 3. The van der Waals surface area contributed by atoms with Crippen molar-refractivity contribution in [1.29, 1.82) is 0 Å². The Morgan fingerprint density at radius 1 is 1.33 bits per heavy atom. The van der Waals surface area contributed by atoms with E-state index in [9.17, 15) is 9.90 Å². The van der Waals surface area contributed by atoms with Gasteiger partial charge in [-0.25, -0.2) is 4.79 Å². The lowest BCUT2D eigenvalue weighted by atomic mass is 10.0. The first-order valence-electron chi connectivity index (χ1n) is 7.87. The predicted octanol–water partition coefficient (Wildman–Crippen LogP) is 4.88. The molecule has 2 atom stereocenters. The van der Waals surface area contributed by atoms with Crippen LogP contribution in [0.2, 0.25) is 0 Å². The van der Waals surface area contributed by atoms with E-state index < -0.39 is 5.97 Å². The Hall–Kier alpha value is -1.16. The predicted molar refractivity (Wildman–Crippen MR) is 89.5 cm³/mol. The summed E-state index contributed by atoms with van der Waals surface area (Å²) in [7, 11) is 0. The summed E-state index contributed by atoms with van der Waals surface area (Å²) in [5.74, 6) is 0.832. The Labute approximate surface area is 131 Å². The smallest absolute Gasteiger partial charge is 0.338 e. The van der Waals surface area contributed by atoms with E-state index in [1.807, 2.05) is 25.1 Å². The molecular weight excluding hydrogens is 282 g/mol. The van der Waals surface area contributed by atoms with Crippen LogP contribution in [0.1, 0.15) is 56.3 Å². The minimum Gasteiger partial charge on any atom is -0.478 e. The lowest BCUT2D eigenvalue weighted by molar-refractivity contribution is 0.0694. The Balaban J connectivity index is 2.18. The number of carbonyl (C=O) groups is 1. The summed E-state index contributed by atoms with van der Waals surface area (Å²) in [6.45, 7) is 4.35. The number of nitrogens with one attached hydrogen (secondary N) is 1. The van der Waals surface area contributed by atoms with Gasteiger partial charge in [0.1, 0.15) is 0 Å². The van der Waals surface area contributed by atoms with Crippen molar-refractivity contribution in [3.05, 3.63) is 23.8 Å². The molecule has 2 N–H and O–H groups in total. The van der Waals surface area contributed by atoms with Crippen molar-refractivity contribution in [3.63, 3.8) is 0 Å². The average Bonchev–Trinajstić information content (AvgIpc) is 2.64. The SMILES string of the molecule is CCSc1cccc(NC2CCCC(C)CC2)c1C(=O)O. The molecule has 21 heavy (non-hydrogen) atoms. The average molecular weight is 307 g/mol. The Morgan fingerprint density at radius 3 is 2.86 bits per heavy atom. The zero-order chi connectivity index (χ0) is 15.2. The molecule has 0 heterocycles. The Kier molecular flexibility index (Phi) is 5.97. The van der Waals surface area contributed by atoms with Crippen molar-refractivity contribution in [2.24, 2.45) is 5.92 Å². The molecule has 1 saturated carbocycles. The van der Waals surface area contributed by atoms with Gasteiger partial charge < -0.3 is 10.4 Å². The van der Waals surface area contributed by atoms with E-state index >= 15 is 0 Å². The molecule has 1 aromatic carbocycles. The number of benzene rings is 1. The maximum absolute atomic E-state index is 11.6. The summed E-state index contributed by atoms with van der Waals surface area (Å²) in [4.78, 5) is 12.5. The highest BCUT2D eigenvalue weighted by Crippen LogP contribution is 2.31. The maximum atomic E-state index is 11.6. The maximum Gasteiger partial charge on any atom is 0.338 e. The summed E-state index contributed by atoms with van der Waals surface area (Å²) in [6, 6.07) is 6.15. The Bertz CT molecular complexity index is 490. The highest BCUT2D eigenvalue weighted by atomic mass is 32.2. The fraction of sp³-hybridized carbons (Fsp3) is 0.588. The van der Waals surface area contributed by atoms with E-state index in [-0.39, 0.29) is 0 Å². The molecule has 0 spiro atoms. The van der Waals surface area contributed by atoms with Crippen molar-refractivity contribution in [2.45, 2.75) is 56.9 Å². The molecule has 2 unspecified atom stereocenters. The molecule has 0 radical (unpaired) electrons. The zero-order valence-electron chi connectivity index (χ0n) is 12.9. The van der Waals surface area contributed by atoms with Gasteiger partial charge in [-0.2, -0.15) is 0 Å². The lowest BCUT2D eigenvalue weighted by Crippen LogP contribution is -2.20. The van der Waals surface area contributed by atoms with Crippen LogP contribution in [0.3, 0.4) is 0 Å². The summed E-state index contributed by atoms with van der Waals surface area (Å²) < 4.78 is 0. The summed E-state index contributed by atoms with van der Waals surface area (Å²) in [5.41, 5.74) is 1.21. The molecule has 0 bridgehead atoms. The second-order valence-corrected chi connectivity index (χ2v) is 7.18. The molecule has 116 valence electrons. The van der Waals surface area contributed by atoms with Crippen molar-refractivity contribution in [1.82, 2.24) is 0 Å². The monoisotopic (exact) mass is 307 g/mol. The number of thioether (sulfide) groups is 1. The molecule has 4 heteroatoms. The fourth-order valence-electron chi connectivity index (χ4n) is 3.00. The van der Waals surface area contributed by atoms with Crippen LogP contribution in [0.15, 0.2) is 23.1 Å². The molecule has 0 aliphatic heterocycles. The van der Waals surface area contributed by atoms with E-state index in [4.69, 9.17) is 0 Å². The van der Waals surface area contributed by atoms with Crippen molar-refractivity contribution in [3.8, 4) is 0 Å². The first-order chi connectivity index (χ1) is 10.1. The van der Waals surface area contributed by atoms with E-state index in [1.54, 1.807) is 11.8 Å². The Morgan fingerprint density at radius 2 is 2.14 bits per heavy atom. The minimum absolute atomic E-state index is 0.398. The fourth-order valence-corrected chi connectivity index (χ4v) is 3.83.